The number of Topliss-reactive ketones (excluding diaryl/α,β-unsaturated/α-hetero) is 1. The molecule has 2 aliphatic rings. The molecule has 0 aliphatic heterocycles. The summed E-state index contributed by atoms with van der Waals surface area (Å²) in [6.45, 7) is 0. The second-order valence-electron chi connectivity index (χ2n) is 4.54. The summed E-state index contributed by atoms with van der Waals surface area (Å²) >= 11 is 0. The van der Waals surface area contributed by atoms with Crippen molar-refractivity contribution in [1.29, 1.82) is 0 Å². The standard InChI is InChI=1S/C13H13NO2/c15-13-11-6-9-4-2-1-3-8(9)5-10(11)7-12(13)14-16/h5-6,16H,1-4,7H2/b14-12+. The van der Waals surface area contributed by atoms with E-state index in [4.69, 9.17) is 5.21 Å². The Balaban J connectivity index is 2.13. The number of fused-ring (bicyclic) bond motifs is 2. The number of nitrogens with zero attached hydrogens (tertiary/aromatic N) is 1. The van der Waals surface area contributed by atoms with Crippen molar-refractivity contribution >= 4 is 11.5 Å². The zero-order valence-electron chi connectivity index (χ0n) is 8.99. The van der Waals surface area contributed by atoms with Gasteiger partial charge in [-0.05, 0) is 48.4 Å². The van der Waals surface area contributed by atoms with E-state index in [1.807, 2.05) is 6.07 Å². The SMILES string of the molecule is O=C1/C(=N/O)Cc2cc3c(cc21)CCCC3. The Hall–Kier alpha value is -1.64. The molecule has 0 saturated carbocycles. The van der Waals surface area contributed by atoms with Crippen LogP contribution in [0.5, 0.6) is 0 Å². The second kappa shape index (κ2) is 3.44. The molecule has 0 bridgehead atoms. The number of carbonyl (C=O) groups excluding carboxylic acids is 1. The van der Waals surface area contributed by atoms with Gasteiger partial charge in [0.25, 0.3) is 0 Å². The van der Waals surface area contributed by atoms with Crippen LogP contribution >= 0.6 is 0 Å². The van der Waals surface area contributed by atoms with Gasteiger partial charge in [0.15, 0.2) is 0 Å². The molecular formula is C13H13NO2. The predicted molar refractivity (Wildman–Crippen MR) is 60.3 cm³/mol. The van der Waals surface area contributed by atoms with E-state index in [0.29, 0.717) is 6.42 Å². The number of hydrogen-bond acceptors (Lipinski definition) is 3. The Kier molecular flexibility index (Phi) is 2.06. The number of oxime groups is 1. The van der Waals surface area contributed by atoms with Gasteiger partial charge in [-0.1, -0.05) is 11.2 Å². The number of rotatable bonds is 0. The van der Waals surface area contributed by atoms with Gasteiger partial charge in [0.2, 0.25) is 5.78 Å². The lowest BCUT2D eigenvalue weighted by Gasteiger charge is -2.16. The summed E-state index contributed by atoms with van der Waals surface area (Å²) in [5.74, 6) is -0.106. The van der Waals surface area contributed by atoms with Crippen LogP contribution in [0.2, 0.25) is 0 Å². The monoisotopic (exact) mass is 215 g/mol. The lowest BCUT2D eigenvalue weighted by Crippen LogP contribution is -2.08. The first-order valence-electron chi connectivity index (χ1n) is 5.70. The first-order chi connectivity index (χ1) is 7.79. The van der Waals surface area contributed by atoms with Gasteiger partial charge in [0, 0.05) is 12.0 Å². The minimum absolute atomic E-state index is 0.106. The van der Waals surface area contributed by atoms with Gasteiger partial charge in [-0.15, -0.1) is 0 Å². The van der Waals surface area contributed by atoms with Crippen molar-refractivity contribution in [3.8, 4) is 0 Å². The first-order valence-corrected chi connectivity index (χ1v) is 5.70. The third-order valence-electron chi connectivity index (χ3n) is 3.55. The predicted octanol–water partition coefficient (Wildman–Crippen LogP) is 2.13. The largest absolute Gasteiger partial charge is 0.411 e. The van der Waals surface area contributed by atoms with E-state index >= 15 is 0 Å². The van der Waals surface area contributed by atoms with Gasteiger partial charge >= 0.3 is 0 Å². The third-order valence-corrected chi connectivity index (χ3v) is 3.55. The Morgan fingerprint density at radius 3 is 2.44 bits per heavy atom. The van der Waals surface area contributed by atoms with Gasteiger partial charge in [0.1, 0.15) is 5.71 Å². The molecule has 0 unspecified atom stereocenters. The minimum atomic E-state index is -0.106. The topological polar surface area (TPSA) is 49.7 Å². The van der Waals surface area contributed by atoms with Crippen LogP contribution in [0.15, 0.2) is 17.3 Å². The number of hydrogen-bond donors (Lipinski definition) is 1. The van der Waals surface area contributed by atoms with Crippen molar-refractivity contribution in [2.75, 3.05) is 0 Å². The summed E-state index contributed by atoms with van der Waals surface area (Å²) in [4.78, 5) is 11.8. The Labute approximate surface area is 93.8 Å². The smallest absolute Gasteiger partial charge is 0.211 e. The van der Waals surface area contributed by atoms with Crippen LogP contribution in [-0.2, 0) is 19.3 Å². The van der Waals surface area contributed by atoms with Crippen molar-refractivity contribution in [3.05, 3.63) is 34.4 Å². The summed E-state index contributed by atoms with van der Waals surface area (Å²) < 4.78 is 0. The molecule has 0 saturated heterocycles. The lowest BCUT2D eigenvalue weighted by molar-refractivity contribution is 0.106. The van der Waals surface area contributed by atoms with Crippen molar-refractivity contribution < 1.29 is 10.0 Å². The van der Waals surface area contributed by atoms with E-state index < -0.39 is 0 Å². The van der Waals surface area contributed by atoms with Crippen molar-refractivity contribution in [2.45, 2.75) is 32.1 Å². The third kappa shape index (κ3) is 1.28. The molecule has 0 spiro atoms. The van der Waals surface area contributed by atoms with Gasteiger partial charge < -0.3 is 5.21 Å². The van der Waals surface area contributed by atoms with Crippen LogP contribution in [0.25, 0.3) is 0 Å². The van der Waals surface area contributed by atoms with Crippen molar-refractivity contribution in [3.63, 3.8) is 0 Å². The fraction of sp³-hybridized carbons (Fsp3) is 0.385. The van der Waals surface area contributed by atoms with Crippen LogP contribution in [0.4, 0.5) is 0 Å². The minimum Gasteiger partial charge on any atom is -0.411 e. The molecule has 0 aromatic heterocycles. The summed E-state index contributed by atoms with van der Waals surface area (Å²) in [5, 5.41) is 11.8. The normalized spacial score (nSPS) is 21.0. The molecule has 0 heterocycles. The zero-order valence-corrected chi connectivity index (χ0v) is 8.99. The molecule has 2 aliphatic carbocycles. The van der Waals surface area contributed by atoms with E-state index in [2.05, 4.69) is 11.2 Å². The fourth-order valence-electron chi connectivity index (χ4n) is 2.69. The van der Waals surface area contributed by atoms with E-state index in [0.717, 1.165) is 24.0 Å². The summed E-state index contributed by atoms with van der Waals surface area (Å²) in [7, 11) is 0. The molecule has 0 amide bonds. The number of benzene rings is 1. The maximum Gasteiger partial charge on any atom is 0.211 e. The van der Waals surface area contributed by atoms with Crippen LogP contribution in [0, 0.1) is 0 Å². The Bertz CT molecular complexity index is 503. The first kappa shape index (κ1) is 9.58. The second-order valence-corrected chi connectivity index (χ2v) is 4.54. The maximum atomic E-state index is 11.8. The molecule has 1 aromatic carbocycles. The maximum absolute atomic E-state index is 11.8. The molecule has 0 fully saturated rings. The molecule has 16 heavy (non-hydrogen) atoms. The van der Waals surface area contributed by atoms with Gasteiger partial charge in [-0.25, -0.2) is 0 Å². The lowest BCUT2D eigenvalue weighted by atomic mass is 9.89. The molecule has 3 rings (SSSR count). The average molecular weight is 215 g/mol. The zero-order chi connectivity index (χ0) is 11.1. The summed E-state index contributed by atoms with van der Waals surface area (Å²) in [5.41, 5.74) is 4.72. The van der Waals surface area contributed by atoms with E-state index in [1.54, 1.807) is 0 Å². The molecule has 0 radical (unpaired) electrons. The average Bonchev–Trinajstić information content (AvgIpc) is 2.63. The molecule has 3 nitrogen and oxygen atoms in total. The van der Waals surface area contributed by atoms with Crippen molar-refractivity contribution in [2.24, 2.45) is 5.16 Å². The van der Waals surface area contributed by atoms with E-state index in [1.165, 1.54) is 24.0 Å². The molecule has 0 atom stereocenters. The highest BCUT2D eigenvalue weighted by Gasteiger charge is 2.28. The summed E-state index contributed by atoms with van der Waals surface area (Å²) in [6.07, 6.45) is 5.11. The molecule has 3 heteroatoms. The molecule has 1 aromatic rings. The molecule has 1 N–H and O–H groups in total. The van der Waals surface area contributed by atoms with E-state index in [9.17, 15) is 4.79 Å². The van der Waals surface area contributed by atoms with Crippen molar-refractivity contribution in [1.82, 2.24) is 0 Å². The number of carbonyl (C=O) groups is 1. The van der Waals surface area contributed by atoms with Crippen LogP contribution in [-0.4, -0.2) is 16.7 Å². The Morgan fingerprint density at radius 2 is 1.75 bits per heavy atom. The highest BCUT2D eigenvalue weighted by atomic mass is 16.4. The van der Waals surface area contributed by atoms with Gasteiger partial charge in [-0.2, -0.15) is 0 Å². The molecular weight excluding hydrogens is 202 g/mol. The van der Waals surface area contributed by atoms with Crippen LogP contribution in [0.3, 0.4) is 0 Å². The highest BCUT2D eigenvalue weighted by molar-refractivity contribution is 6.49. The van der Waals surface area contributed by atoms with E-state index in [-0.39, 0.29) is 11.5 Å². The Morgan fingerprint density at radius 1 is 1.06 bits per heavy atom. The van der Waals surface area contributed by atoms with Crippen LogP contribution < -0.4 is 0 Å². The quantitative estimate of drug-likeness (QED) is 0.532. The fourth-order valence-corrected chi connectivity index (χ4v) is 2.69. The molecule has 82 valence electrons. The van der Waals surface area contributed by atoms with Gasteiger partial charge in [0.05, 0.1) is 0 Å². The highest BCUT2D eigenvalue weighted by Crippen LogP contribution is 2.29. The van der Waals surface area contributed by atoms with Crippen LogP contribution in [0.1, 0.15) is 39.9 Å². The number of aryl methyl sites for hydroxylation is 2. The van der Waals surface area contributed by atoms with Gasteiger partial charge in [-0.3, -0.25) is 4.79 Å². The summed E-state index contributed by atoms with van der Waals surface area (Å²) in [6, 6.07) is 4.13. The number of ketones is 1.